The van der Waals surface area contributed by atoms with E-state index in [4.69, 9.17) is 5.73 Å². The lowest BCUT2D eigenvalue weighted by atomic mass is 10.2. The lowest BCUT2D eigenvalue weighted by Gasteiger charge is -2.23. The van der Waals surface area contributed by atoms with E-state index in [1.807, 2.05) is 11.9 Å². The van der Waals surface area contributed by atoms with E-state index in [1.165, 1.54) is 0 Å². The molecule has 0 aromatic heterocycles. The normalized spacial score (nSPS) is 25.5. The van der Waals surface area contributed by atoms with Crippen LogP contribution in [-0.2, 0) is 0 Å². The zero-order chi connectivity index (χ0) is 10.0. The van der Waals surface area contributed by atoms with Crippen molar-refractivity contribution in [3.8, 4) is 0 Å². The summed E-state index contributed by atoms with van der Waals surface area (Å²) in [5.41, 5.74) is 5.46. The van der Waals surface area contributed by atoms with Crippen molar-refractivity contribution in [3.63, 3.8) is 0 Å². The minimum absolute atomic E-state index is 0.133. The number of hydrogen-bond donors (Lipinski definition) is 1. The maximum absolute atomic E-state index is 11.6. The van der Waals surface area contributed by atoms with Crippen LogP contribution in [0.1, 0.15) is 20.3 Å². The predicted molar refractivity (Wildman–Crippen MR) is 52.5 cm³/mol. The fourth-order valence-electron chi connectivity index (χ4n) is 1.64. The predicted octanol–water partition coefficient (Wildman–Crippen LogP) is 0.480. The van der Waals surface area contributed by atoms with E-state index in [0.717, 1.165) is 13.0 Å². The van der Waals surface area contributed by atoms with Crippen LogP contribution in [0.3, 0.4) is 0 Å². The van der Waals surface area contributed by atoms with Gasteiger partial charge in [0.2, 0.25) is 0 Å². The molecule has 4 heteroatoms. The molecular formula is C9H19N3O. The van der Waals surface area contributed by atoms with Crippen molar-refractivity contribution in [2.24, 2.45) is 5.73 Å². The number of nitrogens with two attached hydrogens (primary N) is 1. The first-order valence-electron chi connectivity index (χ1n) is 4.81. The molecule has 76 valence electrons. The van der Waals surface area contributed by atoms with E-state index in [-0.39, 0.29) is 12.1 Å². The topological polar surface area (TPSA) is 49.6 Å². The fourth-order valence-corrected chi connectivity index (χ4v) is 1.64. The molecule has 1 heterocycles. The molecule has 1 fully saturated rings. The Balaban J connectivity index is 2.57. The van der Waals surface area contributed by atoms with Crippen LogP contribution < -0.4 is 5.73 Å². The van der Waals surface area contributed by atoms with Crippen LogP contribution in [-0.4, -0.2) is 48.1 Å². The quantitative estimate of drug-likeness (QED) is 0.695. The van der Waals surface area contributed by atoms with Crippen LogP contribution in [0.25, 0.3) is 0 Å². The summed E-state index contributed by atoms with van der Waals surface area (Å²) in [6, 6.07) is 0.728. The molecule has 0 aromatic rings. The summed E-state index contributed by atoms with van der Waals surface area (Å²) in [6.45, 7) is 5.59. The lowest BCUT2D eigenvalue weighted by Crippen LogP contribution is -2.37. The van der Waals surface area contributed by atoms with Crippen LogP contribution in [0.5, 0.6) is 0 Å². The molecule has 2 amide bonds. The summed E-state index contributed by atoms with van der Waals surface area (Å²) in [5.74, 6) is 0. The highest BCUT2D eigenvalue weighted by Crippen LogP contribution is 2.17. The molecule has 13 heavy (non-hydrogen) atoms. The Kier molecular flexibility index (Phi) is 3.14. The first-order valence-corrected chi connectivity index (χ1v) is 4.81. The van der Waals surface area contributed by atoms with Crippen LogP contribution in [0, 0.1) is 0 Å². The number of rotatable bonds is 3. The maximum Gasteiger partial charge on any atom is 0.320 e. The average Bonchev–Trinajstić information content (AvgIpc) is 2.33. The van der Waals surface area contributed by atoms with Gasteiger partial charge in [-0.25, -0.2) is 4.79 Å². The Bertz CT molecular complexity index is 195. The van der Waals surface area contributed by atoms with Crippen molar-refractivity contribution < 1.29 is 4.79 Å². The minimum atomic E-state index is 0.133. The molecule has 1 rings (SSSR count). The first-order chi connectivity index (χ1) is 6.07. The van der Waals surface area contributed by atoms with Crippen molar-refractivity contribution >= 4 is 6.03 Å². The second-order valence-electron chi connectivity index (χ2n) is 3.82. The Morgan fingerprint density at radius 3 is 2.69 bits per heavy atom. The molecule has 0 aliphatic carbocycles. The van der Waals surface area contributed by atoms with Crippen LogP contribution >= 0.6 is 0 Å². The molecule has 2 unspecified atom stereocenters. The molecule has 1 aliphatic rings. The summed E-state index contributed by atoms with van der Waals surface area (Å²) < 4.78 is 0. The van der Waals surface area contributed by atoms with Gasteiger partial charge in [0.15, 0.2) is 0 Å². The van der Waals surface area contributed by atoms with Crippen LogP contribution in [0.15, 0.2) is 0 Å². The molecule has 2 N–H and O–H groups in total. The van der Waals surface area contributed by atoms with E-state index in [1.54, 1.807) is 4.90 Å². The summed E-state index contributed by atoms with van der Waals surface area (Å²) in [6.07, 6.45) is 0.881. The van der Waals surface area contributed by atoms with E-state index in [0.29, 0.717) is 12.6 Å². The van der Waals surface area contributed by atoms with Gasteiger partial charge in [0, 0.05) is 25.7 Å². The second kappa shape index (κ2) is 3.96. The number of amides is 2. The molecule has 0 saturated carbocycles. The zero-order valence-corrected chi connectivity index (χ0v) is 8.66. The Morgan fingerprint density at radius 2 is 2.31 bits per heavy atom. The Morgan fingerprint density at radius 1 is 1.69 bits per heavy atom. The molecular weight excluding hydrogens is 166 g/mol. The standard InChI is InChI=1S/C9H19N3O/c1-7(4-5-10)12-6-8(2)11(3)9(12)13/h7-8H,4-6,10H2,1-3H3. The van der Waals surface area contributed by atoms with Gasteiger partial charge < -0.3 is 15.5 Å². The van der Waals surface area contributed by atoms with Gasteiger partial charge in [-0.05, 0) is 26.8 Å². The van der Waals surface area contributed by atoms with Crippen molar-refractivity contribution in [1.82, 2.24) is 9.80 Å². The van der Waals surface area contributed by atoms with Crippen molar-refractivity contribution in [3.05, 3.63) is 0 Å². The largest absolute Gasteiger partial charge is 0.330 e. The smallest absolute Gasteiger partial charge is 0.320 e. The average molecular weight is 185 g/mol. The lowest BCUT2D eigenvalue weighted by molar-refractivity contribution is 0.183. The maximum atomic E-state index is 11.6. The van der Waals surface area contributed by atoms with Gasteiger partial charge in [-0.1, -0.05) is 0 Å². The summed E-state index contributed by atoms with van der Waals surface area (Å²) in [4.78, 5) is 15.3. The number of hydrogen-bond acceptors (Lipinski definition) is 2. The van der Waals surface area contributed by atoms with Crippen molar-refractivity contribution in [2.45, 2.75) is 32.4 Å². The van der Waals surface area contributed by atoms with E-state index >= 15 is 0 Å². The Labute approximate surface area is 79.7 Å². The highest BCUT2D eigenvalue weighted by atomic mass is 16.2. The zero-order valence-electron chi connectivity index (χ0n) is 8.66. The Hall–Kier alpha value is -0.770. The van der Waals surface area contributed by atoms with Gasteiger partial charge in [-0.2, -0.15) is 0 Å². The highest BCUT2D eigenvalue weighted by molar-refractivity contribution is 5.77. The third-order valence-electron chi connectivity index (χ3n) is 2.79. The van der Waals surface area contributed by atoms with E-state index < -0.39 is 0 Å². The third-order valence-corrected chi connectivity index (χ3v) is 2.79. The summed E-state index contributed by atoms with van der Waals surface area (Å²) in [5, 5.41) is 0. The monoisotopic (exact) mass is 185 g/mol. The molecule has 4 nitrogen and oxygen atoms in total. The van der Waals surface area contributed by atoms with Gasteiger partial charge in [-0.15, -0.1) is 0 Å². The molecule has 0 bridgehead atoms. The molecule has 1 aliphatic heterocycles. The number of nitrogens with zero attached hydrogens (tertiary/aromatic N) is 2. The van der Waals surface area contributed by atoms with Crippen molar-refractivity contribution in [1.29, 1.82) is 0 Å². The van der Waals surface area contributed by atoms with Crippen LogP contribution in [0.2, 0.25) is 0 Å². The molecule has 0 spiro atoms. The van der Waals surface area contributed by atoms with Crippen LogP contribution in [0.4, 0.5) is 4.79 Å². The van der Waals surface area contributed by atoms with E-state index in [2.05, 4.69) is 13.8 Å². The second-order valence-corrected chi connectivity index (χ2v) is 3.82. The fraction of sp³-hybridized carbons (Fsp3) is 0.889. The van der Waals surface area contributed by atoms with Gasteiger partial charge in [-0.3, -0.25) is 0 Å². The van der Waals surface area contributed by atoms with Gasteiger partial charge in [0.25, 0.3) is 0 Å². The first kappa shape index (κ1) is 10.3. The summed E-state index contributed by atoms with van der Waals surface area (Å²) >= 11 is 0. The number of urea groups is 1. The van der Waals surface area contributed by atoms with Gasteiger partial charge in [0.05, 0.1) is 0 Å². The SMILES string of the molecule is CC1CN(C(C)CCN)C(=O)N1C. The van der Waals surface area contributed by atoms with E-state index in [9.17, 15) is 4.79 Å². The highest BCUT2D eigenvalue weighted by Gasteiger charge is 2.33. The number of carbonyl (C=O) groups is 1. The number of likely N-dealkylation sites (N-methyl/N-ethyl adjacent to an activating group) is 1. The molecule has 0 radical (unpaired) electrons. The van der Waals surface area contributed by atoms with Crippen molar-refractivity contribution in [2.75, 3.05) is 20.1 Å². The van der Waals surface area contributed by atoms with Gasteiger partial charge >= 0.3 is 6.03 Å². The molecule has 0 aromatic carbocycles. The molecule has 2 atom stereocenters. The number of carbonyl (C=O) groups excluding carboxylic acids is 1. The summed E-state index contributed by atoms with van der Waals surface area (Å²) in [7, 11) is 1.85. The van der Waals surface area contributed by atoms with Gasteiger partial charge in [0.1, 0.15) is 0 Å². The third kappa shape index (κ3) is 1.94. The minimum Gasteiger partial charge on any atom is -0.330 e. The molecule has 1 saturated heterocycles.